The first-order valence-electron chi connectivity index (χ1n) is 9.89. The van der Waals surface area contributed by atoms with E-state index in [0.717, 1.165) is 18.7 Å². The van der Waals surface area contributed by atoms with Gasteiger partial charge in [-0.2, -0.15) is 0 Å². The van der Waals surface area contributed by atoms with Crippen molar-refractivity contribution in [3.05, 3.63) is 81.5 Å². The quantitative estimate of drug-likeness (QED) is 0.638. The van der Waals surface area contributed by atoms with Crippen molar-refractivity contribution in [1.82, 2.24) is 9.80 Å². The zero-order chi connectivity index (χ0) is 20.5. The molecule has 4 rings (SSSR count). The molecule has 29 heavy (non-hydrogen) atoms. The summed E-state index contributed by atoms with van der Waals surface area (Å²) in [6, 6.07) is 12.7. The van der Waals surface area contributed by atoms with Gasteiger partial charge in [0, 0.05) is 13.1 Å². The zero-order valence-electron chi connectivity index (χ0n) is 16.5. The third-order valence-corrected chi connectivity index (χ3v) is 5.59. The Hall–Kier alpha value is -2.99. The number of nitrogens with zero attached hydrogens (tertiary/aromatic N) is 2. The largest absolute Gasteiger partial charge is 0.450 e. The fourth-order valence-corrected chi connectivity index (χ4v) is 3.99. The summed E-state index contributed by atoms with van der Waals surface area (Å²) in [5.41, 5.74) is 0.996. The van der Waals surface area contributed by atoms with Gasteiger partial charge in [-0.3, -0.25) is 9.59 Å². The molecule has 1 aromatic heterocycles. The number of benzene rings is 2. The Labute approximate surface area is 168 Å². The van der Waals surface area contributed by atoms with Gasteiger partial charge >= 0.3 is 0 Å². The lowest BCUT2D eigenvalue weighted by Crippen LogP contribution is -2.37. The summed E-state index contributed by atoms with van der Waals surface area (Å²) in [4.78, 5) is 30.4. The van der Waals surface area contributed by atoms with Gasteiger partial charge in [-0.15, -0.1) is 0 Å². The lowest BCUT2D eigenvalue weighted by Gasteiger charge is -2.28. The van der Waals surface area contributed by atoms with E-state index in [1.165, 1.54) is 18.2 Å². The summed E-state index contributed by atoms with van der Waals surface area (Å²) < 4.78 is 19.6. The van der Waals surface area contributed by atoms with E-state index < -0.39 is 11.9 Å². The topological polar surface area (TPSA) is 53.8 Å². The molecule has 0 saturated carbocycles. The van der Waals surface area contributed by atoms with Crippen LogP contribution in [0.5, 0.6) is 0 Å². The second-order valence-electron chi connectivity index (χ2n) is 7.15. The van der Waals surface area contributed by atoms with Crippen LogP contribution in [0.3, 0.4) is 0 Å². The Morgan fingerprint density at radius 3 is 2.48 bits per heavy atom. The minimum absolute atomic E-state index is 0.0579. The monoisotopic (exact) mass is 394 g/mol. The van der Waals surface area contributed by atoms with Crippen molar-refractivity contribution in [1.29, 1.82) is 0 Å². The van der Waals surface area contributed by atoms with Gasteiger partial charge in [0.05, 0.1) is 17.0 Å². The number of hydrogen-bond acceptors (Lipinski definition) is 4. The molecule has 1 atom stereocenters. The van der Waals surface area contributed by atoms with Gasteiger partial charge < -0.3 is 14.2 Å². The number of carbonyl (C=O) groups excluding carboxylic acids is 1. The molecule has 1 aliphatic rings. The van der Waals surface area contributed by atoms with Crippen molar-refractivity contribution in [2.45, 2.75) is 19.9 Å². The first-order chi connectivity index (χ1) is 14.0. The van der Waals surface area contributed by atoms with Crippen molar-refractivity contribution in [2.75, 3.05) is 26.2 Å². The predicted molar refractivity (Wildman–Crippen MR) is 110 cm³/mol. The summed E-state index contributed by atoms with van der Waals surface area (Å²) in [5, 5.41) is 0.156. The third kappa shape index (κ3) is 3.34. The van der Waals surface area contributed by atoms with E-state index in [2.05, 4.69) is 18.7 Å². The van der Waals surface area contributed by atoms with E-state index >= 15 is 0 Å². The number of amides is 1. The van der Waals surface area contributed by atoms with E-state index in [1.807, 2.05) is 30.3 Å². The second-order valence-corrected chi connectivity index (χ2v) is 7.15. The number of halogens is 1. The average molecular weight is 394 g/mol. The third-order valence-electron chi connectivity index (χ3n) is 5.59. The van der Waals surface area contributed by atoms with Gasteiger partial charge in [0.1, 0.15) is 11.4 Å². The summed E-state index contributed by atoms with van der Waals surface area (Å²) in [5.74, 6) is -0.754. The summed E-state index contributed by atoms with van der Waals surface area (Å²) in [6.07, 6.45) is 0. The molecule has 1 aliphatic heterocycles. The molecule has 0 spiro atoms. The Morgan fingerprint density at radius 2 is 1.79 bits per heavy atom. The van der Waals surface area contributed by atoms with Crippen LogP contribution in [0.15, 0.2) is 57.7 Å². The van der Waals surface area contributed by atoms with Crippen LogP contribution >= 0.6 is 0 Å². The average Bonchev–Trinajstić information content (AvgIpc) is 3.02. The van der Waals surface area contributed by atoms with Crippen molar-refractivity contribution >= 4 is 16.9 Å². The second kappa shape index (κ2) is 7.79. The molecular weight excluding hydrogens is 371 g/mol. The predicted octanol–water partition coefficient (Wildman–Crippen LogP) is 3.82. The van der Waals surface area contributed by atoms with Gasteiger partial charge in [0.15, 0.2) is 5.43 Å². The van der Waals surface area contributed by atoms with Gasteiger partial charge in [0.25, 0.3) is 5.91 Å². The van der Waals surface area contributed by atoms with Crippen LogP contribution < -0.4 is 5.43 Å². The van der Waals surface area contributed by atoms with Crippen molar-refractivity contribution in [3.8, 4) is 0 Å². The minimum atomic E-state index is -0.543. The summed E-state index contributed by atoms with van der Waals surface area (Å²) in [6.45, 7) is 7.06. The smallest absolute Gasteiger partial charge is 0.290 e. The molecule has 0 saturated heterocycles. The number of carbonyl (C=O) groups is 1. The summed E-state index contributed by atoms with van der Waals surface area (Å²) >= 11 is 0. The van der Waals surface area contributed by atoms with Gasteiger partial charge in [-0.25, -0.2) is 4.39 Å². The molecule has 0 fully saturated rings. The number of rotatable bonds is 6. The van der Waals surface area contributed by atoms with Gasteiger partial charge in [-0.1, -0.05) is 44.2 Å². The van der Waals surface area contributed by atoms with Crippen LogP contribution in [-0.4, -0.2) is 41.9 Å². The minimum Gasteiger partial charge on any atom is -0.450 e. The van der Waals surface area contributed by atoms with Crippen LogP contribution in [0.4, 0.5) is 4.39 Å². The molecule has 0 bridgehead atoms. The fourth-order valence-electron chi connectivity index (χ4n) is 3.99. The maximum atomic E-state index is 13.8. The van der Waals surface area contributed by atoms with Crippen LogP contribution in [0.2, 0.25) is 0 Å². The molecule has 2 heterocycles. The fraction of sp³-hybridized carbons (Fsp3) is 0.304. The molecule has 1 amide bonds. The lowest BCUT2D eigenvalue weighted by atomic mass is 9.98. The molecule has 2 aromatic carbocycles. The van der Waals surface area contributed by atoms with Crippen molar-refractivity contribution < 1.29 is 13.6 Å². The van der Waals surface area contributed by atoms with Crippen molar-refractivity contribution in [2.24, 2.45) is 0 Å². The van der Waals surface area contributed by atoms with E-state index in [0.29, 0.717) is 18.7 Å². The molecular formula is C23H23FN2O3. The van der Waals surface area contributed by atoms with Crippen molar-refractivity contribution in [3.63, 3.8) is 0 Å². The first kappa shape index (κ1) is 19.3. The Balaban J connectivity index is 1.87. The Kier molecular flexibility index (Phi) is 5.20. The van der Waals surface area contributed by atoms with E-state index in [1.54, 1.807) is 4.90 Å². The molecule has 5 nitrogen and oxygen atoms in total. The molecule has 150 valence electrons. The van der Waals surface area contributed by atoms with Crippen LogP contribution in [0, 0.1) is 5.82 Å². The molecule has 0 aliphatic carbocycles. The SMILES string of the molecule is CCN(CC)CCN1C(=O)c2oc3ccc(F)cc3c(=O)c2C1c1ccccc1. The van der Waals surface area contributed by atoms with E-state index in [9.17, 15) is 14.0 Å². The van der Waals surface area contributed by atoms with Gasteiger partial charge in [0.2, 0.25) is 5.76 Å². The molecule has 0 radical (unpaired) electrons. The highest BCUT2D eigenvalue weighted by Crippen LogP contribution is 2.37. The van der Waals surface area contributed by atoms with Crippen LogP contribution in [0.25, 0.3) is 11.0 Å². The highest BCUT2D eigenvalue weighted by molar-refractivity contribution is 5.99. The first-order valence-corrected chi connectivity index (χ1v) is 9.89. The maximum Gasteiger partial charge on any atom is 0.290 e. The number of hydrogen-bond donors (Lipinski definition) is 0. The number of fused-ring (bicyclic) bond motifs is 2. The molecule has 1 unspecified atom stereocenters. The zero-order valence-corrected chi connectivity index (χ0v) is 16.5. The highest BCUT2D eigenvalue weighted by atomic mass is 19.1. The lowest BCUT2D eigenvalue weighted by molar-refractivity contribution is 0.0708. The molecule has 6 heteroatoms. The Morgan fingerprint density at radius 1 is 1.07 bits per heavy atom. The molecule has 3 aromatic rings. The molecule has 0 N–H and O–H groups in total. The maximum absolute atomic E-state index is 13.8. The summed E-state index contributed by atoms with van der Waals surface area (Å²) in [7, 11) is 0. The Bertz CT molecular complexity index is 1110. The highest BCUT2D eigenvalue weighted by Gasteiger charge is 2.42. The van der Waals surface area contributed by atoms with E-state index in [-0.39, 0.29) is 28.1 Å². The van der Waals surface area contributed by atoms with Crippen LogP contribution in [0.1, 0.15) is 41.6 Å². The van der Waals surface area contributed by atoms with Crippen LogP contribution in [-0.2, 0) is 0 Å². The van der Waals surface area contributed by atoms with Gasteiger partial charge in [-0.05, 0) is 36.9 Å². The number of likely N-dealkylation sites (N-methyl/N-ethyl adjacent to an activating group) is 1. The normalized spacial score (nSPS) is 16.1. The van der Waals surface area contributed by atoms with E-state index in [4.69, 9.17) is 4.42 Å². The standard InChI is InChI=1S/C23H23FN2O3/c1-3-25(4-2)12-13-26-20(15-8-6-5-7-9-15)19-21(27)17-14-16(24)10-11-18(17)29-22(19)23(26)28/h5-11,14,20H,3-4,12-13H2,1-2H3.